The zero-order valence-corrected chi connectivity index (χ0v) is 8.51. The second kappa shape index (κ2) is 3.59. The quantitative estimate of drug-likeness (QED) is 0.635. The van der Waals surface area contributed by atoms with E-state index < -0.39 is 0 Å². The summed E-state index contributed by atoms with van der Waals surface area (Å²) in [4.78, 5) is 0. The Bertz CT molecular complexity index is 74.4. The van der Waals surface area contributed by atoms with Crippen molar-refractivity contribution >= 4 is 12.4 Å². The van der Waals surface area contributed by atoms with Gasteiger partial charge in [-0.2, -0.15) is 0 Å². The van der Waals surface area contributed by atoms with E-state index in [1.165, 1.54) is 0 Å². The van der Waals surface area contributed by atoms with E-state index in [0.717, 1.165) is 6.42 Å². The Hall–Kier alpha value is 0.250. The molecular weight excluding hydrogens is 146 g/mol. The number of hydrogen-bond acceptors (Lipinski definition) is 1. The van der Waals surface area contributed by atoms with E-state index in [0.29, 0.717) is 5.41 Å². The summed E-state index contributed by atoms with van der Waals surface area (Å²) >= 11 is 0. The van der Waals surface area contributed by atoms with Crippen molar-refractivity contribution in [1.29, 1.82) is 0 Å². The summed E-state index contributed by atoms with van der Waals surface area (Å²) in [5, 5.41) is 0. The normalized spacial score (nSPS) is 12.6. The highest BCUT2D eigenvalue weighted by Gasteiger charge is 2.20. The molecule has 0 bridgehead atoms. The molecule has 0 aromatic heterocycles. The molecule has 0 radical (unpaired) electrons. The molecule has 0 amide bonds. The maximum Gasteiger partial charge on any atom is 0.0102 e. The third kappa shape index (κ3) is 11.1. The van der Waals surface area contributed by atoms with Crippen LogP contribution in [-0.2, 0) is 0 Å². The molecular formula is C8H20ClN. The molecule has 10 heavy (non-hydrogen) atoms. The molecule has 0 spiro atoms. The standard InChI is InChI=1S/C8H19N.ClH/c1-7(2,3)6-8(4,5)9;/h6,9H2,1-5H3;1H. The van der Waals surface area contributed by atoms with Gasteiger partial charge in [-0.05, 0) is 25.7 Å². The van der Waals surface area contributed by atoms with Gasteiger partial charge in [-0.25, -0.2) is 0 Å². The van der Waals surface area contributed by atoms with E-state index >= 15 is 0 Å². The van der Waals surface area contributed by atoms with Crippen LogP contribution in [0.3, 0.4) is 0 Å². The first-order chi connectivity index (χ1) is 3.71. The van der Waals surface area contributed by atoms with Crippen LogP contribution < -0.4 is 5.73 Å². The molecule has 0 saturated heterocycles. The molecule has 0 aliphatic heterocycles. The maximum absolute atomic E-state index is 5.82. The largest absolute Gasteiger partial charge is 0.326 e. The van der Waals surface area contributed by atoms with Crippen LogP contribution in [0.2, 0.25) is 0 Å². The smallest absolute Gasteiger partial charge is 0.0102 e. The van der Waals surface area contributed by atoms with Crippen molar-refractivity contribution in [2.24, 2.45) is 11.1 Å². The van der Waals surface area contributed by atoms with Crippen molar-refractivity contribution < 1.29 is 0 Å². The van der Waals surface area contributed by atoms with Gasteiger partial charge in [0.2, 0.25) is 0 Å². The maximum atomic E-state index is 5.82. The van der Waals surface area contributed by atoms with Gasteiger partial charge in [-0.3, -0.25) is 0 Å². The predicted octanol–water partition coefficient (Wildman–Crippen LogP) is 2.58. The monoisotopic (exact) mass is 165 g/mol. The van der Waals surface area contributed by atoms with E-state index in [4.69, 9.17) is 5.73 Å². The van der Waals surface area contributed by atoms with Crippen LogP contribution in [0.4, 0.5) is 0 Å². The Morgan fingerprint density at radius 3 is 1.30 bits per heavy atom. The molecule has 2 N–H and O–H groups in total. The van der Waals surface area contributed by atoms with Gasteiger partial charge < -0.3 is 5.73 Å². The SMILES string of the molecule is CC(C)(C)CC(C)(C)N.Cl. The number of halogens is 1. The van der Waals surface area contributed by atoms with Gasteiger partial charge in [0.05, 0.1) is 0 Å². The molecule has 1 nitrogen and oxygen atoms in total. The van der Waals surface area contributed by atoms with E-state index in [1.807, 2.05) is 0 Å². The summed E-state index contributed by atoms with van der Waals surface area (Å²) in [6.45, 7) is 10.8. The Kier molecular flexibility index (Phi) is 4.62. The third-order valence-corrected chi connectivity index (χ3v) is 0.986. The van der Waals surface area contributed by atoms with Crippen molar-refractivity contribution in [1.82, 2.24) is 0 Å². The average molecular weight is 166 g/mol. The Labute approximate surface area is 70.8 Å². The molecule has 0 aromatic carbocycles. The summed E-state index contributed by atoms with van der Waals surface area (Å²) in [5.74, 6) is 0. The van der Waals surface area contributed by atoms with Crippen molar-refractivity contribution in [3.05, 3.63) is 0 Å². The Morgan fingerprint density at radius 2 is 1.30 bits per heavy atom. The van der Waals surface area contributed by atoms with Gasteiger partial charge in [0.15, 0.2) is 0 Å². The van der Waals surface area contributed by atoms with Crippen LogP contribution in [0, 0.1) is 5.41 Å². The minimum absolute atomic E-state index is 0. The molecule has 0 unspecified atom stereocenters. The fourth-order valence-electron chi connectivity index (χ4n) is 1.37. The van der Waals surface area contributed by atoms with Gasteiger partial charge in [-0.15, -0.1) is 12.4 Å². The fourth-order valence-corrected chi connectivity index (χ4v) is 1.37. The van der Waals surface area contributed by atoms with Crippen LogP contribution in [0.5, 0.6) is 0 Å². The second-order valence-corrected chi connectivity index (χ2v) is 4.73. The second-order valence-electron chi connectivity index (χ2n) is 4.73. The minimum Gasteiger partial charge on any atom is -0.326 e. The predicted molar refractivity (Wildman–Crippen MR) is 49.6 cm³/mol. The summed E-state index contributed by atoms with van der Waals surface area (Å²) in [6, 6.07) is 0. The van der Waals surface area contributed by atoms with Gasteiger partial charge in [0.25, 0.3) is 0 Å². The Balaban J connectivity index is 0. The van der Waals surface area contributed by atoms with E-state index in [2.05, 4.69) is 34.6 Å². The molecule has 0 aliphatic carbocycles. The molecule has 0 fully saturated rings. The highest BCUT2D eigenvalue weighted by atomic mass is 35.5. The van der Waals surface area contributed by atoms with Gasteiger partial charge in [-0.1, -0.05) is 20.8 Å². The van der Waals surface area contributed by atoms with Crippen LogP contribution >= 0.6 is 12.4 Å². The molecule has 0 heterocycles. The summed E-state index contributed by atoms with van der Waals surface area (Å²) in [7, 11) is 0. The average Bonchev–Trinajstić information content (AvgIpc) is 1.14. The van der Waals surface area contributed by atoms with E-state index in [9.17, 15) is 0 Å². The van der Waals surface area contributed by atoms with Crippen molar-refractivity contribution in [3.63, 3.8) is 0 Å². The zero-order chi connectivity index (χ0) is 7.71. The first kappa shape index (κ1) is 12.9. The summed E-state index contributed by atoms with van der Waals surface area (Å²) in [5.41, 5.74) is 6.17. The molecule has 0 aromatic rings. The van der Waals surface area contributed by atoms with Gasteiger partial charge in [0, 0.05) is 5.54 Å². The van der Waals surface area contributed by atoms with Crippen molar-refractivity contribution in [2.75, 3.05) is 0 Å². The van der Waals surface area contributed by atoms with Crippen LogP contribution in [0.15, 0.2) is 0 Å². The van der Waals surface area contributed by atoms with Gasteiger partial charge >= 0.3 is 0 Å². The lowest BCUT2D eigenvalue weighted by atomic mass is 9.82. The van der Waals surface area contributed by atoms with Crippen LogP contribution in [-0.4, -0.2) is 5.54 Å². The van der Waals surface area contributed by atoms with Crippen molar-refractivity contribution in [2.45, 2.75) is 46.6 Å². The number of rotatable bonds is 1. The molecule has 2 heteroatoms. The zero-order valence-electron chi connectivity index (χ0n) is 7.69. The first-order valence-corrected chi connectivity index (χ1v) is 3.50. The van der Waals surface area contributed by atoms with Crippen LogP contribution in [0.25, 0.3) is 0 Å². The Morgan fingerprint density at radius 1 is 1.00 bits per heavy atom. The fraction of sp³-hybridized carbons (Fsp3) is 1.00. The minimum atomic E-state index is -0.0156. The lowest BCUT2D eigenvalue weighted by Gasteiger charge is -2.28. The molecule has 0 atom stereocenters. The number of hydrogen-bond donors (Lipinski definition) is 1. The summed E-state index contributed by atoms with van der Waals surface area (Å²) < 4.78 is 0. The molecule has 0 saturated carbocycles. The number of nitrogens with two attached hydrogens (primary N) is 1. The summed E-state index contributed by atoms with van der Waals surface area (Å²) in [6.07, 6.45) is 1.07. The molecule has 0 aliphatic rings. The first-order valence-electron chi connectivity index (χ1n) is 3.50. The van der Waals surface area contributed by atoms with Gasteiger partial charge in [0.1, 0.15) is 0 Å². The van der Waals surface area contributed by atoms with E-state index in [-0.39, 0.29) is 17.9 Å². The van der Waals surface area contributed by atoms with Crippen LogP contribution in [0.1, 0.15) is 41.0 Å². The lowest BCUT2D eigenvalue weighted by molar-refractivity contribution is 0.286. The molecule has 0 rings (SSSR count). The highest BCUT2D eigenvalue weighted by Crippen LogP contribution is 2.24. The highest BCUT2D eigenvalue weighted by molar-refractivity contribution is 5.85. The third-order valence-electron chi connectivity index (χ3n) is 0.986. The molecule has 64 valence electrons. The van der Waals surface area contributed by atoms with Crippen molar-refractivity contribution in [3.8, 4) is 0 Å². The van der Waals surface area contributed by atoms with E-state index in [1.54, 1.807) is 0 Å². The topological polar surface area (TPSA) is 26.0 Å². The lowest BCUT2D eigenvalue weighted by Crippen LogP contribution is -2.36.